The predicted molar refractivity (Wildman–Crippen MR) is 87.6 cm³/mol. The Morgan fingerprint density at radius 1 is 1.30 bits per heavy atom. The molecule has 3 rings (SSSR count). The van der Waals surface area contributed by atoms with E-state index >= 15 is 0 Å². The lowest BCUT2D eigenvalue weighted by atomic mass is 10.1. The summed E-state index contributed by atoms with van der Waals surface area (Å²) in [6.07, 6.45) is 4.92. The van der Waals surface area contributed by atoms with E-state index in [0.29, 0.717) is 5.56 Å². The van der Waals surface area contributed by atoms with Crippen LogP contribution < -0.4 is 10.1 Å². The molecule has 3 nitrogen and oxygen atoms in total. The van der Waals surface area contributed by atoms with Crippen molar-refractivity contribution in [3.05, 3.63) is 71.0 Å². The van der Waals surface area contributed by atoms with E-state index in [0.717, 1.165) is 12.8 Å². The van der Waals surface area contributed by atoms with Crippen LogP contribution in [0.5, 0.6) is 5.75 Å². The number of rotatable bonds is 4. The average molecular weight is 311 g/mol. The largest absolute Gasteiger partial charge is 0.494 e. The van der Waals surface area contributed by atoms with Crippen molar-refractivity contribution in [2.45, 2.75) is 18.9 Å². The molecule has 23 heavy (non-hydrogen) atoms. The molecule has 0 saturated heterocycles. The Morgan fingerprint density at radius 2 is 2.13 bits per heavy atom. The lowest BCUT2D eigenvalue weighted by molar-refractivity contribution is -0.117. The van der Waals surface area contributed by atoms with Crippen molar-refractivity contribution in [1.29, 1.82) is 0 Å². The molecular weight excluding hydrogens is 293 g/mol. The molecule has 1 aliphatic rings. The highest BCUT2D eigenvalue weighted by Crippen LogP contribution is 2.30. The van der Waals surface area contributed by atoms with Crippen LogP contribution in [-0.4, -0.2) is 13.0 Å². The minimum Gasteiger partial charge on any atom is -0.494 e. The van der Waals surface area contributed by atoms with E-state index in [1.54, 1.807) is 18.2 Å². The van der Waals surface area contributed by atoms with Crippen molar-refractivity contribution in [2.24, 2.45) is 0 Å². The number of carbonyl (C=O) groups excluding carboxylic acids is 1. The molecule has 1 unspecified atom stereocenters. The van der Waals surface area contributed by atoms with Gasteiger partial charge >= 0.3 is 0 Å². The van der Waals surface area contributed by atoms with Gasteiger partial charge in [-0.25, -0.2) is 4.39 Å². The SMILES string of the molecule is COc1ccc(/C=C/C(=O)NC2CCc3ccccc32)cc1F. The minimum absolute atomic E-state index is 0.0518. The van der Waals surface area contributed by atoms with Gasteiger partial charge in [-0.15, -0.1) is 0 Å². The van der Waals surface area contributed by atoms with Gasteiger partial charge in [0.05, 0.1) is 13.2 Å². The number of halogens is 1. The number of benzene rings is 2. The van der Waals surface area contributed by atoms with Gasteiger partial charge in [0.1, 0.15) is 0 Å². The van der Waals surface area contributed by atoms with Crippen LogP contribution in [0.3, 0.4) is 0 Å². The first-order valence-electron chi connectivity index (χ1n) is 7.57. The molecule has 1 aliphatic carbocycles. The summed E-state index contributed by atoms with van der Waals surface area (Å²) < 4.78 is 18.5. The number of ether oxygens (including phenoxy) is 1. The summed E-state index contributed by atoms with van der Waals surface area (Å²) in [7, 11) is 1.42. The van der Waals surface area contributed by atoms with Crippen molar-refractivity contribution in [3.63, 3.8) is 0 Å². The van der Waals surface area contributed by atoms with E-state index in [9.17, 15) is 9.18 Å². The molecule has 0 spiro atoms. The van der Waals surface area contributed by atoms with E-state index in [-0.39, 0.29) is 17.7 Å². The van der Waals surface area contributed by atoms with Gasteiger partial charge in [0.2, 0.25) is 5.91 Å². The third kappa shape index (κ3) is 3.42. The lowest BCUT2D eigenvalue weighted by Gasteiger charge is -2.12. The van der Waals surface area contributed by atoms with Crippen LogP contribution >= 0.6 is 0 Å². The van der Waals surface area contributed by atoms with Crippen LogP contribution in [-0.2, 0) is 11.2 Å². The van der Waals surface area contributed by atoms with Gasteiger partial charge in [0, 0.05) is 6.08 Å². The summed E-state index contributed by atoms with van der Waals surface area (Å²) in [6, 6.07) is 12.8. The van der Waals surface area contributed by atoms with Gasteiger partial charge in [0.25, 0.3) is 0 Å². The Labute approximate surface area is 134 Å². The third-order valence-corrected chi connectivity index (χ3v) is 4.05. The van der Waals surface area contributed by atoms with Crippen molar-refractivity contribution in [2.75, 3.05) is 7.11 Å². The third-order valence-electron chi connectivity index (χ3n) is 4.05. The molecule has 0 fully saturated rings. The molecule has 4 heteroatoms. The van der Waals surface area contributed by atoms with Crippen molar-refractivity contribution < 1.29 is 13.9 Å². The molecule has 0 aliphatic heterocycles. The van der Waals surface area contributed by atoms with Crippen LogP contribution in [0.1, 0.15) is 29.2 Å². The molecule has 0 heterocycles. The molecule has 1 N–H and O–H groups in total. The van der Waals surface area contributed by atoms with Crippen molar-refractivity contribution in [1.82, 2.24) is 5.32 Å². The molecule has 2 aromatic rings. The molecule has 0 saturated carbocycles. The zero-order valence-corrected chi connectivity index (χ0v) is 12.9. The first kappa shape index (κ1) is 15.3. The number of methoxy groups -OCH3 is 1. The molecule has 118 valence electrons. The van der Waals surface area contributed by atoms with Gasteiger partial charge < -0.3 is 10.1 Å². The summed E-state index contributed by atoms with van der Waals surface area (Å²) in [4.78, 5) is 12.1. The van der Waals surface area contributed by atoms with E-state index in [1.807, 2.05) is 12.1 Å². The molecule has 0 radical (unpaired) electrons. The second-order valence-corrected chi connectivity index (χ2v) is 5.53. The zero-order chi connectivity index (χ0) is 16.2. The topological polar surface area (TPSA) is 38.3 Å². The Balaban J connectivity index is 1.65. The van der Waals surface area contributed by atoms with E-state index in [1.165, 1.54) is 30.4 Å². The second kappa shape index (κ2) is 6.65. The second-order valence-electron chi connectivity index (χ2n) is 5.53. The highest BCUT2D eigenvalue weighted by atomic mass is 19.1. The quantitative estimate of drug-likeness (QED) is 0.875. The normalized spacial score (nSPS) is 16.3. The number of hydrogen-bond acceptors (Lipinski definition) is 2. The molecule has 2 aromatic carbocycles. The van der Waals surface area contributed by atoms with Gasteiger partial charge in [0.15, 0.2) is 11.6 Å². The standard InChI is InChI=1S/C19H18FNO2/c1-23-18-10-6-13(12-16(18)20)7-11-19(22)21-17-9-8-14-4-2-3-5-15(14)17/h2-7,10-12,17H,8-9H2,1H3,(H,21,22)/b11-7+. The van der Waals surface area contributed by atoms with Crippen LogP contribution in [0.25, 0.3) is 6.08 Å². The first-order chi connectivity index (χ1) is 11.2. The average Bonchev–Trinajstić information content (AvgIpc) is 2.96. The molecule has 0 bridgehead atoms. The van der Waals surface area contributed by atoms with Gasteiger partial charge in [-0.3, -0.25) is 4.79 Å². The van der Waals surface area contributed by atoms with Gasteiger partial charge in [-0.05, 0) is 47.7 Å². The molecule has 1 atom stereocenters. The number of nitrogens with one attached hydrogen (secondary N) is 1. The van der Waals surface area contributed by atoms with Crippen LogP contribution in [0, 0.1) is 5.82 Å². The summed E-state index contributed by atoms with van der Waals surface area (Å²) in [5, 5.41) is 3.00. The molecular formula is C19H18FNO2. The number of fused-ring (bicyclic) bond motifs is 1. The zero-order valence-electron chi connectivity index (χ0n) is 12.9. The highest BCUT2D eigenvalue weighted by molar-refractivity contribution is 5.92. The summed E-state index contributed by atoms with van der Waals surface area (Å²) >= 11 is 0. The van der Waals surface area contributed by atoms with Crippen LogP contribution in [0.4, 0.5) is 4.39 Å². The van der Waals surface area contributed by atoms with E-state index in [4.69, 9.17) is 4.74 Å². The van der Waals surface area contributed by atoms with Crippen LogP contribution in [0.15, 0.2) is 48.5 Å². The lowest BCUT2D eigenvalue weighted by Crippen LogP contribution is -2.25. The maximum Gasteiger partial charge on any atom is 0.244 e. The number of carbonyl (C=O) groups is 1. The number of amides is 1. The van der Waals surface area contributed by atoms with Crippen LogP contribution in [0.2, 0.25) is 0 Å². The fourth-order valence-corrected chi connectivity index (χ4v) is 2.89. The maximum atomic E-state index is 13.6. The smallest absolute Gasteiger partial charge is 0.244 e. The Kier molecular flexibility index (Phi) is 4.42. The fourth-order valence-electron chi connectivity index (χ4n) is 2.89. The monoisotopic (exact) mass is 311 g/mol. The van der Waals surface area contributed by atoms with Gasteiger partial charge in [-0.1, -0.05) is 30.3 Å². The number of aryl methyl sites for hydroxylation is 1. The summed E-state index contributed by atoms with van der Waals surface area (Å²) in [5.74, 6) is -0.433. The van der Waals surface area contributed by atoms with Gasteiger partial charge in [-0.2, -0.15) is 0 Å². The summed E-state index contributed by atoms with van der Waals surface area (Å²) in [5.41, 5.74) is 3.09. The van der Waals surface area contributed by atoms with Crippen molar-refractivity contribution >= 4 is 12.0 Å². The Morgan fingerprint density at radius 3 is 2.91 bits per heavy atom. The van der Waals surface area contributed by atoms with E-state index in [2.05, 4.69) is 17.4 Å². The number of hydrogen-bond donors (Lipinski definition) is 1. The molecule has 1 amide bonds. The fraction of sp³-hybridized carbons (Fsp3) is 0.211. The predicted octanol–water partition coefficient (Wildman–Crippen LogP) is 3.65. The maximum absolute atomic E-state index is 13.6. The Bertz CT molecular complexity index is 755. The summed E-state index contributed by atoms with van der Waals surface area (Å²) in [6.45, 7) is 0. The Hall–Kier alpha value is -2.62. The first-order valence-corrected chi connectivity index (χ1v) is 7.57. The van der Waals surface area contributed by atoms with Crippen molar-refractivity contribution in [3.8, 4) is 5.75 Å². The van der Waals surface area contributed by atoms with E-state index < -0.39 is 5.82 Å². The molecule has 0 aromatic heterocycles. The minimum atomic E-state index is -0.445. The highest BCUT2D eigenvalue weighted by Gasteiger charge is 2.22.